The Bertz CT molecular complexity index is 1130. The van der Waals surface area contributed by atoms with Crippen molar-refractivity contribution in [3.63, 3.8) is 0 Å². The summed E-state index contributed by atoms with van der Waals surface area (Å²) in [5.41, 5.74) is 2.49. The van der Waals surface area contributed by atoms with E-state index >= 15 is 0 Å². The molecule has 32 heavy (non-hydrogen) atoms. The first-order valence-corrected chi connectivity index (χ1v) is 11.6. The number of allylic oxidation sites excluding steroid dienone is 1. The molecule has 0 amide bonds. The summed E-state index contributed by atoms with van der Waals surface area (Å²) in [6.45, 7) is 5.73. The average Bonchev–Trinajstić information content (AvgIpc) is 2.75. The zero-order valence-electron chi connectivity index (χ0n) is 18.5. The van der Waals surface area contributed by atoms with E-state index in [-0.39, 0.29) is 18.0 Å². The fourth-order valence-corrected chi connectivity index (χ4v) is 4.09. The lowest BCUT2D eigenvalue weighted by Crippen LogP contribution is -2.32. The van der Waals surface area contributed by atoms with E-state index in [2.05, 4.69) is 16.6 Å². The number of methoxy groups -OCH3 is 1. The first-order chi connectivity index (χ1) is 15.1. The second-order valence-electron chi connectivity index (χ2n) is 7.22. The molecule has 0 aliphatic heterocycles. The Kier molecular flexibility index (Phi) is 9.33. The lowest BCUT2D eigenvalue weighted by atomic mass is 10.1. The summed E-state index contributed by atoms with van der Waals surface area (Å²) in [6.07, 6.45) is -0.0567. The van der Waals surface area contributed by atoms with Crippen molar-refractivity contribution in [3.8, 4) is 11.8 Å². The number of hydrogen-bond donors (Lipinski definition) is 0. The summed E-state index contributed by atoms with van der Waals surface area (Å²) >= 11 is 6.04. The van der Waals surface area contributed by atoms with E-state index in [1.54, 1.807) is 48.5 Å². The van der Waals surface area contributed by atoms with Gasteiger partial charge in [-0.3, -0.25) is 0 Å². The number of aryl methyl sites for hydroxylation is 1. The summed E-state index contributed by atoms with van der Waals surface area (Å²) < 4.78 is 37.4. The largest absolute Gasteiger partial charge is 0.509 e. The van der Waals surface area contributed by atoms with E-state index < -0.39 is 22.3 Å². The van der Waals surface area contributed by atoms with Crippen LogP contribution in [-0.4, -0.2) is 39.1 Å². The van der Waals surface area contributed by atoms with Crippen LogP contribution in [0.3, 0.4) is 0 Å². The first-order valence-electron chi connectivity index (χ1n) is 9.82. The molecule has 8 heteroatoms. The van der Waals surface area contributed by atoms with Crippen LogP contribution in [0.2, 0.25) is 5.02 Å². The summed E-state index contributed by atoms with van der Waals surface area (Å²) in [6, 6.07) is 13.4. The monoisotopic (exact) mass is 475 g/mol. The Morgan fingerprint density at radius 3 is 2.47 bits per heavy atom. The maximum atomic E-state index is 13.2. The third kappa shape index (κ3) is 7.41. The molecule has 0 aliphatic carbocycles. The molecule has 170 valence electrons. The standard InChI is InChI=1S/C24H26ClNO5S/c1-18(2)14-16-26(32(28,29)22-12-10-19(3)11-13-22)15-6-9-23(31-24(27)30-4)20-7-5-8-21(25)17-20/h5,7-8,10-14,17,23H,15-16H2,1-4H3. The lowest BCUT2D eigenvalue weighted by Gasteiger charge is -2.19. The minimum absolute atomic E-state index is 0.0956. The molecule has 2 aromatic carbocycles. The van der Waals surface area contributed by atoms with Crippen molar-refractivity contribution in [2.45, 2.75) is 31.8 Å². The zero-order valence-corrected chi connectivity index (χ0v) is 20.0. The normalized spacial score (nSPS) is 11.8. The summed E-state index contributed by atoms with van der Waals surface area (Å²) in [4.78, 5) is 11.9. The van der Waals surface area contributed by atoms with Gasteiger partial charge >= 0.3 is 6.16 Å². The van der Waals surface area contributed by atoms with E-state index in [4.69, 9.17) is 16.3 Å². The SMILES string of the molecule is COC(=O)OC(C#CCN(CC=C(C)C)S(=O)(=O)c1ccc(C)cc1)c1cccc(Cl)c1. The van der Waals surface area contributed by atoms with Gasteiger partial charge in [0.25, 0.3) is 0 Å². The molecule has 0 aromatic heterocycles. The van der Waals surface area contributed by atoms with E-state index in [0.717, 1.165) is 11.1 Å². The van der Waals surface area contributed by atoms with E-state index in [1.165, 1.54) is 11.4 Å². The maximum absolute atomic E-state index is 13.2. The predicted molar refractivity (Wildman–Crippen MR) is 125 cm³/mol. The molecule has 1 atom stereocenters. The van der Waals surface area contributed by atoms with Crippen molar-refractivity contribution in [2.75, 3.05) is 20.2 Å². The highest BCUT2D eigenvalue weighted by Crippen LogP contribution is 2.21. The van der Waals surface area contributed by atoms with Gasteiger partial charge in [-0.25, -0.2) is 13.2 Å². The lowest BCUT2D eigenvalue weighted by molar-refractivity contribution is 0.0549. The number of benzene rings is 2. The average molecular weight is 476 g/mol. The molecule has 0 aliphatic rings. The van der Waals surface area contributed by atoms with Gasteiger partial charge < -0.3 is 9.47 Å². The third-order valence-corrected chi connectivity index (χ3v) is 6.44. The maximum Gasteiger partial charge on any atom is 0.509 e. The van der Waals surface area contributed by atoms with Gasteiger partial charge in [0.2, 0.25) is 10.0 Å². The van der Waals surface area contributed by atoms with Crippen molar-refractivity contribution in [3.05, 3.63) is 76.3 Å². The Labute approximate surface area is 194 Å². The van der Waals surface area contributed by atoms with Gasteiger partial charge in [-0.15, -0.1) is 0 Å². The molecule has 0 N–H and O–H groups in total. The molecule has 0 radical (unpaired) electrons. The third-order valence-electron chi connectivity index (χ3n) is 4.38. The second-order valence-corrected chi connectivity index (χ2v) is 9.59. The van der Waals surface area contributed by atoms with Crippen LogP contribution in [0.5, 0.6) is 0 Å². The quantitative estimate of drug-likeness (QED) is 0.315. The summed E-state index contributed by atoms with van der Waals surface area (Å²) in [5.74, 6) is 5.66. The Hall–Kier alpha value is -2.79. The van der Waals surface area contributed by atoms with Gasteiger partial charge in [-0.2, -0.15) is 4.31 Å². The molecule has 0 spiro atoms. The highest BCUT2D eigenvalue weighted by molar-refractivity contribution is 7.89. The molecule has 0 saturated carbocycles. The van der Waals surface area contributed by atoms with Crippen LogP contribution in [0.25, 0.3) is 0 Å². The molecule has 2 aromatic rings. The molecule has 1 unspecified atom stereocenters. The minimum atomic E-state index is -3.78. The first kappa shape index (κ1) is 25.5. The zero-order chi connectivity index (χ0) is 23.7. The van der Waals surface area contributed by atoms with Crippen molar-refractivity contribution in [1.29, 1.82) is 0 Å². The molecule has 2 rings (SSSR count). The van der Waals surface area contributed by atoms with Gasteiger partial charge in [0.1, 0.15) is 0 Å². The molecule has 0 bridgehead atoms. The second kappa shape index (κ2) is 11.7. The van der Waals surface area contributed by atoms with Crippen LogP contribution in [0.4, 0.5) is 4.79 Å². The predicted octanol–water partition coefficient (Wildman–Crippen LogP) is 5.13. The number of ether oxygens (including phenoxy) is 2. The smallest absolute Gasteiger partial charge is 0.438 e. The topological polar surface area (TPSA) is 72.9 Å². The van der Waals surface area contributed by atoms with E-state index in [0.29, 0.717) is 10.6 Å². The van der Waals surface area contributed by atoms with Gasteiger partial charge in [-0.05, 0) is 45.0 Å². The summed E-state index contributed by atoms with van der Waals surface area (Å²) in [7, 11) is -2.58. The number of carbonyl (C=O) groups excluding carboxylic acids is 1. The van der Waals surface area contributed by atoms with Crippen LogP contribution in [-0.2, 0) is 19.5 Å². The molecule has 0 saturated heterocycles. The summed E-state index contributed by atoms with van der Waals surface area (Å²) in [5, 5.41) is 0.454. The number of hydrogen-bond acceptors (Lipinski definition) is 5. The van der Waals surface area contributed by atoms with Crippen LogP contribution < -0.4 is 0 Å². The van der Waals surface area contributed by atoms with Crippen molar-refractivity contribution >= 4 is 27.8 Å². The van der Waals surface area contributed by atoms with E-state index in [9.17, 15) is 13.2 Å². The highest BCUT2D eigenvalue weighted by Gasteiger charge is 2.23. The van der Waals surface area contributed by atoms with Gasteiger partial charge in [0.15, 0.2) is 6.10 Å². The van der Waals surface area contributed by atoms with E-state index in [1.807, 2.05) is 26.8 Å². The fraction of sp³-hybridized carbons (Fsp3) is 0.292. The Morgan fingerprint density at radius 1 is 1.19 bits per heavy atom. The molecule has 0 heterocycles. The number of rotatable bonds is 7. The van der Waals surface area contributed by atoms with Crippen LogP contribution in [0.1, 0.15) is 31.1 Å². The van der Waals surface area contributed by atoms with Crippen LogP contribution in [0, 0.1) is 18.8 Å². The van der Waals surface area contributed by atoms with Gasteiger partial charge in [-0.1, -0.05) is 64.9 Å². The van der Waals surface area contributed by atoms with Gasteiger partial charge in [0, 0.05) is 17.1 Å². The number of sulfonamides is 1. The number of nitrogens with zero attached hydrogens (tertiary/aromatic N) is 1. The highest BCUT2D eigenvalue weighted by atomic mass is 35.5. The van der Waals surface area contributed by atoms with Gasteiger partial charge in [0.05, 0.1) is 18.6 Å². The molecule has 0 fully saturated rings. The molecular weight excluding hydrogens is 450 g/mol. The van der Waals surface area contributed by atoms with Crippen molar-refractivity contribution < 1.29 is 22.7 Å². The van der Waals surface area contributed by atoms with Crippen molar-refractivity contribution in [2.24, 2.45) is 0 Å². The fourth-order valence-electron chi connectivity index (χ4n) is 2.61. The molecular formula is C24H26ClNO5S. The number of halogens is 1. The minimum Gasteiger partial charge on any atom is -0.438 e. The van der Waals surface area contributed by atoms with Crippen LogP contribution >= 0.6 is 11.6 Å². The Morgan fingerprint density at radius 2 is 1.88 bits per heavy atom. The van der Waals surface area contributed by atoms with Crippen molar-refractivity contribution in [1.82, 2.24) is 4.31 Å². The van der Waals surface area contributed by atoms with Crippen LogP contribution in [0.15, 0.2) is 65.1 Å². The number of carbonyl (C=O) groups is 1. The Balaban J connectivity index is 2.35. The molecule has 6 nitrogen and oxygen atoms in total.